The molecule has 0 radical (unpaired) electrons. The number of amides is 1. The van der Waals surface area contributed by atoms with Crippen LogP contribution in [-0.2, 0) is 7.05 Å². The minimum atomic E-state index is -0.204. The molecule has 2 N–H and O–H groups in total. The molecule has 0 aliphatic heterocycles. The largest absolute Gasteiger partial charge is 0.373 e. The fourth-order valence-corrected chi connectivity index (χ4v) is 2.25. The second-order valence-electron chi connectivity index (χ2n) is 4.61. The maximum atomic E-state index is 12.5. The van der Waals surface area contributed by atoms with E-state index in [1.54, 1.807) is 30.2 Å². The zero-order valence-corrected chi connectivity index (χ0v) is 11.8. The molecule has 2 aromatic heterocycles. The molecule has 2 heterocycles. The van der Waals surface area contributed by atoms with E-state index in [1.807, 2.05) is 31.3 Å². The van der Waals surface area contributed by atoms with Crippen LogP contribution >= 0.6 is 0 Å². The van der Waals surface area contributed by atoms with Crippen molar-refractivity contribution < 1.29 is 4.79 Å². The number of hydrogen-bond acceptors (Lipinski definition) is 4. The second kappa shape index (κ2) is 5.24. The Balaban J connectivity index is 2.04. The molecule has 0 atom stereocenters. The van der Waals surface area contributed by atoms with Crippen LogP contribution in [0.4, 0.5) is 11.6 Å². The van der Waals surface area contributed by atoms with E-state index in [4.69, 9.17) is 0 Å². The first kappa shape index (κ1) is 13.1. The summed E-state index contributed by atoms with van der Waals surface area (Å²) >= 11 is 0. The van der Waals surface area contributed by atoms with Crippen molar-refractivity contribution in [3.63, 3.8) is 0 Å². The predicted octanol–water partition coefficient (Wildman–Crippen LogP) is 2.26. The highest BCUT2D eigenvalue weighted by Crippen LogP contribution is 2.24. The van der Waals surface area contributed by atoms with E-state index >= 15 is 0 Å². The van der Waals surface area contributed by atoms with Crippen molar-refractivity contribution >= 4 is 28.3 Å². The van der Waals surface area contributed by atoms with Gasteiger partial charge in [-0.25, -0.2) is 4.98 Å². The Morgan fingerprint density at radius 2 is 1.95 bits per heavy atom. The summed E-state index contributed by atoms with van der Waals surface area (Å²) in [7, 11) is 3.58. The Kier molecular flexibility index (Phi) is 3.27. The number of benzene rings is 1. The number of fused-ring (bicyclic) bond motifs is 1. The maximum absolute atomic E-state index is 12.5. The Hall–Kier alpha value is -2.89. The summed E-state index contributed by atoms with van der Waals surface area (Å²) in [6.45, 7) is 0. The van der Waals surface area contributed by atoms with Crippen LogP contribution in [0.25, 0.3) is 10.8 Å². The van der Waals surface area contributed by atoms with Gasteiger partial charge >= 0.3 is 0 Å². The Morgan fingerprint density at radius 1 is 1.19 bits per heavy atom. The predicted molar refractivity (Wildman–Crippen MR) is 82.5 cm³/mol. The lowest BCUT2D eigenvalue weighted by atomic mass is 10.1. The van der Waals surface area contributed by atoms with Gasteiger partial charge in [0.05, 0.1) is 11.8 Å². The third-order valence-electron chi connectivity index (χ3n) is 3.34. The van der Waals surface area contributed by atoms with Gasteiger partial charge in [-0.05, 0) is 5.39 Å². The van der Waals surface area contributed by atoms with E-state index in [1.165, 1.54) is 0 Å². The number of nitrogens with zero attached hydrogens (tertiary/aromatic N) is 3. The van der Waals surface area contributed by atoms with Gasteiger partial charge in [-0.2, -0.15) is 5.10 Å². The molecule has 1 aromatic carbocycles. The summed E-state index contributed by atoms with van der Waals surface area (Å²) in [6, 6.07) is 9.43. The van der Waals surface area contributed by atoms with Crippen molar-refractivity contribution in [1.82, 2.24) is 14.8 Å². The third kappa shape index (κ3) is 2.31. The van der Waals surface area contributed by atoms with Gasteiger partial charge < -0.3 is 10.6 Å². The molecule has 0 bridgehead atoms. The van der Waals surface area contributed by atoms with E-state index < -0.39 is 0 Å². The smallest absolute Gasteiger partial charge is 0.259 e. The summed E-state index contributed by atoms with van der Waals surface area (Å²) in [5.74, 6) is 1.19. The topological polar surface area (TPSA) is 71.8 Å². The Labute approximate surface area is 121 Å². The SMILES string of the molecule is CNc1ncc(C(=O)Nc2ccnn2C)c2ccccc12. The normalized spacial score (nSPS) is 10.6. The molecule has 0 aliphatic carbocycles. The maximum Gasteiger partial charge on any atom is 0.259 e. The number of carbonyl (C=O) groups excluding carboxylic acids is 1. The number of aromatic nitrogens is 3. The van der Waals surface area contributed by atoms with Crippen LogP contribution in [0, 0.1) is 0 Å². The second-order valence-corrected chi connectivity index (χ2v) is 4.61. The fraction of sp³-hybridized carbons (Fsp3) is 0.133. The summed E-state index contributed by atoms with van der Waals surface area (Å²) in [5.41, 5.74) is 0.533. The van der Waals surface area contributed by atoms with Gasteiger partial charge in [0.1, 0.15) is 11.6 Å². The standard InChI is InChI=1S/C15H15N5O/c1-16-14-11-6-4-3-5-10(11)12(9-17-14)15(21)19-13-7-8-18-20(13)2/h3-9H,1-2H3,(H,16,17)(H,19,21). The summed E-state index contributed by atoms with van der Waals surface area (Å²) < 4.78 is 1.61. The average molecular weight is 281 g/mol. The van der Waals surface area contributed by atoms with Gasteiger partial charge in [-0.3, -0.25) is 9.48 Å². The van der Waals surface area contributed by atoms with Crippen molar-refractivity contribution in [3.8, 4) is 0 Å². The molecule has 1 amide bonds. The van der Waals surface area contributed by atoms with Gasteiger partial charge in [0, 0.05) is 31.7 Å². The molecule has 106 valence electrons. The zero-order valence-electron chi connectivity index (χ0n) is 11.8. The van der Waals surface area contributed by atoms with Gasteiger partial charge in [0.2, 0.25) is 0 Å². The summed E-state index contributed by atoms with van der Waals surface area (Å²) in [6.07, 6.45) is 3.22. The van der Waals surface area contributed by atoms with Crippen LogP contribution in [-0.4, -0.2) is 27.7 Å². The minimum Gasteiger partial charge on any atom is -0.373 e. The molecule has 6 nitrogen and oxygen atoms in total. The van der Waals surface area contributed by atoms with Crippen molar-refractivity contribution in [2.24, 2.45) is 7.05 Å². The fourth-order valence-electron chi connectivity index (χ4n) is 2.25. The van der Waals surface area contributed by atoms with Crippen molar-refractivity contribution in [2.75, 3.05) is 17.7 Å². The number of hydrogen-bond donors (Lipinski definition) is 2. The van der Waals surface area contributed by atoms with Crippen molar-refractivity contribution in [2.45, 2.75) is 0 Å². The quantitative estimate of drug-likeness (QED) is 0.772. The average Bonchev–Trinajstić information content (AvgIpc) is 2.91. The molecule has 0 aliphatic rings. The number of aryl methyl sites for hydroxylation is 1. The van der Waals surface area contributed by atoms with E-state index in [2.05, 4.69) is 20.7 Å². The molecule has 0 spiro atoms. The first-order valence-corrected chi connectivity index (χ1v) is 6.55. The number of nitrogens with one attached hydrogen (secondary N) is 2. The van der Waals surface area contributed by atoms with Crippen LogP contribution in [0.1, 0.15) is 10.4 Å². The minimum absolute atomic E-state index is 0.204. The molecular formula is C15H15N5O. The number of pyridine rings is 1. The molecule has 21 heavy (non-hydrogen) atoms. The van der Waals surface area contributed by atoms with Gasteiger partial charge in [-0.1, -0.05) is 24.3 Å². The molecule has 0 unspecified atom stereocenters. The van der Waals surface area contributed by atoms with E-state index in [0.29, 0.717) is 11.4 Å². The molecule has 6 heteroatoms. The Morgan fingerprint density at radius 3 is 2.62 bits per heavy atom. The highest BCUT2D eigenvalue weighted by atomic mass is 16.1. The molecule has 3 rings (SSSR count). The van der Waals surface area contributed by atoms with Gasteiger partial charge in [0.25, 0.3) is 5.91 Å². The van der Waals surface area contributed by atoms with Crippen LogP contribution in [0.2, 0.25) is 0 Å². The molecular weight excluding hydrogens is 266 g/mol. The first-order valence-electron chi connectivity index (χ1n) is 6.55. The Bertz CT molecular complexity index is 809. The van der Waals surface area contributed by atoms with E-state index in [0.717, 1.165) is 16.6 Å². The monoisotopic (exact) mass is 281 g/mol. The molecule has 0 fully saturated rings. The lowest BCUT2D eigenvalue weighted by Gasteiger charge is -2.10. The van der Waals surface area contributed by atoms with Crippen LogP contribution in [0.5, 0.6) is 0 Å². The first-order chi connectivity index (χ1) is 10.2. The van der Waals surface area contributed by atoms with Crippen LogP contribution in [0.3, 0.4) is 0 Å². The van der Waals surface area contributed by atoms with Crippen molar-refractivity contribution in [3.05, 3.63) is 48.3 Å². The number of carbonyl (C=O) groups is 1. The highest BCUT2D eigenvalue weighted by molar-refractivity contribution is 6.14. The van der Waals surface area contributed by atoms with E-state index in [-0.39, 0.29) is 5.91 Å². The zero-order chi connectivity index (χ0) is 14.8. The number of anilines is 2. The molecule has 0 saturated heterocycles. The molecule has 3 aromatic rings. The lowest BCUT2D eigenvalue weighted by molar-refractivity contribution is 0.102. The third-order valence-corrected chi connectivity index (χ3v) is 3.34. The van der Waals surface area contributed by atoms with Gasteiger partial charge in [0.15, 0.2) is 0 Å². The molecule has 0 saturated carbocycles. The number of rotatable bonds is 3. The van der Waals surface area contributed by atoms with Crippen LogP contribution < -0.4 is 10.6 Å². The van der Waals surface area contributed by atoms with Crippen molar-refractivity contribution in [1.29, 1.82) is 0 Å². The lowest BCUT2D eigenvalue weighted by Crippen LogP contribution is -2.15. The summed E-state index contributed by atoms with van der Waals surface area (Å²) in [4.78, 5) is 16.8. The van der Waals surface area contributed by atoms with Gasteiger partial charge in [-0.15, -0.1) is 0 Å². The van der Waals surface area contributed by atoms with Crippen LogP contribution in [0.15, 0.2) is 42.7 Å². The van der Waals surface area contributed by atoms with E-state index in [9.17, 15) is 4.79 Å². The summed E-state index contributed by atoms with van der Waals surface area (Å²) in [5, 5.41) is 11.7. The highest BCUT2D eigenvalue weighted by Gasteiger charge is 2.14.